The number of rotatable bonds is 1. The van der Waals surface area contributed by atoms with Gasteiger partial charge in [0, 0.05) is 0 Å². The van der Waals surface area contributed by atoms with Crippen molar-refractivity contribution in [3.8, 4) is 0 Å². The highest BCUT2D eigenvalue weighted by atomic mass is 16.5. The summed E-state index contributed by atoms with van der Waals surface area (Å²) >= 11 is 0. The van der Waals surface area contributed by atoms with E-state index >= 15 is 0 Å². The normalized spacial score (nSPS) is 38.8. The van der Waals surface area contributed by atoms with Crippen LogP contribution in [-0.4, -0.2) is 34.8 Å². The van der Waals surface area contributed by atoms with Gasteiger partial charge in [0.25, 0.3) is 0 Å². The Morgan fingerprint density at radius 3 is 2.70 bits per heavy atom. The highest BCUT2D eigenvalue weighted by molar-refractivity contribution is 5.57. The quantitative estimate of drug-likeness (QED) is 0.454. The number of aliphatic hydroxyl groups excluding tert-OH is 2. The zero-order valence-electron chi connectivity index (χ0n) is 5.18. The Morgan fingerprint density at radius 2 is 2.20 bits per heavy atom. The van der Waals surface area contributed by atoms with Crippen molar-refractivity contribution in [1.82, 2.24) is 0 Å². The zero-order chi connectivity index (χ0) is 7.56. The molecule has 0 spiro atoms. The lowest BCUT2D eigenvalue weighted by Gasteiger charge is -2.23. The van der Waals surface area contributed by atoms with Gasteiger partial charge in [-0.15, -0.1) is 0 Å². The third kappa shape index (κ3) is 1.17. The Bertz CT molecular complexity index is 154. The van der Waals surface area contributed by atoms with E-state index in [0.29, 0.717) is 6.29 Å². The van der Waals surface area contributed by atoms with Crippen LogP contribution in [0.2, 0.25) is 0 Å². The van der Waals surface area contributed by atoms with Crippen molar-refractivity contribution < 1.29 is 19.7 Å². The Hall–Kier alpha value is -0.870. The molecule has 2 N–H and O–H groups in total. The van der Waals surface area contributed by atoms with E-state index < -0.39 is 18.3 Å². The minimum Gasteiger partial charge on any atom is -0.488 e. The summed E-state index contributed by atoms with van der Waals surface area (Å²) in [6, 6.07) is 0. The minimum absolute atomic E-state index is 0.456. The summed E-state index contributed by atoms with van der Waals surface area (Å²) in [6.07, 6.45) is -0.121. The maximum atomic E-state index is 10.1. The van der Waals surface area contributed by atoms with Crippen molar-refractivity contribution in [2.24, 2.45) is 0 Å². The molecule has 0 radical (unpaired) electrons. The second-order valence-electron chi connectivity index (χ2n) is 2.05. The molecular weight excluding hydrogens is 136 g/mol. The van der Waals surface area contributed by atoms with E-state index in [0.717, 1.165) is 0 Å². The lowest BCUT2D eigenvalue weighted by molar-refractivity contribution is -0.127. The van der Waals surface area contributed by atoms with Crippen LogP contribution in [0.15, 0.2) is 12.3 Å². The summed E-state index contributed by atoms with van der Waals surface area (Å²) in [5, 5.41) is 17.9. The van der Waals surface area contributed by atoms with Crippen molar-refractivity contribution in [3.63, 3.8) is 0 Å². The van der Waals surface area contributed by atoms with Gasteiger partial charge in [-0.1, -0.05) is 0 Å². The molecule has 0 aromatic rings. The predicted octanol–water partition coefficient (Wildman–Crippen LogP) is -1.18. The summed E-state index contributed by atoms with van der Waals surface area (Å²) in [6.45, 7) is 0. The molecule has 4 heteroatoms. The van der Waals surface area contributed by atoms with E-state index in [1.165, 1.54) is 12.3 Å². The molecule has 1 aliphatic rings. The SMILES string of the molecule is O=C[C@H]1OC=C[C@@H](O)[C@@H]1O. The van der Waals surface area contributed by atoms with Crippen LogP contribution in [-0.2, 0) is 9.53 Å². The van der Waals surface area contributed by atoms with Gasteiger partial charge in [-0.3, -0.25) is 4.79 Å². The maximum Gasteiger partial charge on any atom is 0.181 e. The summed E-state index contributed by atoms with van der Waals surface area (Å²) in [4.78, 5) is 10.1. The second kappa shape index (κ2) is 2.81. The summed E-state index contributed by atoms with van der Waals surface area (Å²) < 4.78 is 4.65. The number of aldehydes is 1. The lowest BCUT2D eigenvalue weighted by Crippen LogP contribution is -2.40. The Balaban J connectivity index is 2.64. The molecule has 0 saturated carbocycles. The van der Waals surface area contributed by atoms with Crippen molar-refractivity contribution >= 4 is 6.29 Å². The van der Waals surface area contributed by atoms with E-state index in [2.05, 4.69) is 4.74 Å². The number of aliphatic hydroxyl groups is 2. The van der Waals surface area contributed by atoms with Crippen LogP contribution < -0.4 is 0 Å². The maximum absolute atomic E-state index is 10.1. The largest absolute Gasteiger partial charge is 0.488 e. The molecular formula is C6H8O4. The number of ether oxygens (including phenoxy) is 1. The molecule has 0 bridgehead atoms. The predicted molar refractivity (Wildman–Crippen MR) is 32.1 cm³/mol. The number of hydrogen-bond acceptors (Lipinski definition) is 4. The van der Waals surface area contributed by atoms with E-state index in [1.807, 2.05) is 0 Å². The molecule has 0 aromatic heterocycles. The zero-order valence-corrected chi connectivity index (χ0v) is 5.18. The van der Waals surface area contributed by atoms with Gasteiger partial charge < -0.3 is 14.9 Å². The Morgan fingerprint density at radius 1 is 1.50 bits per heavy atom. The van der Waals surface area contributed by atoms with E-state index in [-0.39, 0.29) is 0 Å². The van der Waals surface area contributed by atoms with Crippen LogP contribution in [0.25, 0.3) is 0 Å². The van der Waals surface area contributed by atoms with Crippen LogP contribution >= 0.6 is 0 Å². The molecule has 1 heterocycles. The first-order valence-corrected chi connectivity index (χ1v) is 2.89. The molecule has 4 nitrogen and oxygen atoms in total. The molecule has 0 saturated heterocycles. The van der Waals surface area contributed by atoms with Crippen LogP contribution in [0.1, 0.15) is 0 Å². The van der Waals surface area contributed by atoms with Crippen LogP contribution in [0.5, 0.6) is 0 Å². The van der Waals surface area contributed by atoms with Crippen LogP contribution in [0, 0.1) is 0 Å². The number of carbonyl (C=O) groups is 1. The first-order valence-electron chi connectivity index (χ1n) is 2.89. The Kier molecular flexibility index (Phi) is 2.03. The smallest absolute Gasteiger partial charge is 0.181 e. The molecule has 1 rings (SSSR count). The average Bonchev–Trinajstić information content (AvgIpc) is 1.95. The third-order valence-electron chi connectivity index (χ3n) is 1.33. The highest BCUT2D eigenvalue weighted by Gasteiger charge is 2.28. The molecule has 0 fully saturated rings. The topological polar surface area (TPSA) is 66.8 Å². The van der Waals surface area contributed by atoms with E-state index in [4.69, 9.17) is 10.2 Å². The molecule has 1 aliphatic heterocycles. The fourth-order valence-electron chi connectivity index (χ4n) is 0.718. The summed E-state index contributed by atoms with van der Waals surface area (Å²) in [5.74, 6) is 0. The molecule has 0 unspecified atom stereocenters. The van der Waals surface area contributed by atoms with E-state index in [1.54, 1.807) is 0 Å². The molecule has 0 amide bonds. The minimum atomic E-state index is -1.14. The van der Waals surface area contributed by atoms with Crippen molar-refractivity contribution in [2.75, 3.05) is 0 Å². The first kappa shape index (κ1) is 7.24. The van der Waals surface area contributed by atoms with Crippen LogP contribution in [0.3, 0.4) is 0 Å². The third-order valence-corrected chi connectivity index (χ3v) is 1.33. The first-order chi connectivity index (χ1) is 4.75. The van der Waals surface area contributed by atoms with E-state index in [9.17, 15) is 4.79 Å². The molecule has 0 aromatic carbocycles. The molecule has 0 aliphatic carbocycles. The van der Waals surface area contributed by atoms with Crippen LogP contribution in [0.4, 0.5) is 0 Å². The monoisotopic (exact) mass is 144 g/mol. The van der Waals surface area contributed by atoms with Gasteiger partial charge in [-0.05, 0) is 6.08 Å². The lowest BCUT2D eigenvalue weighted by atomic mass is 10.1. The Labute approximate surface area is 57.7 Å². The molecule has 56 valence electrons. The van der Waals surface area contributed by atoms with Gasteiger partial charge in [0.05, 0.1) is 6.26 Å². The summed E-state index contributed by atoms with van der Waals surface area (Å²) in [5.41, 5.74) is 0. The second-order valence-corrected chi connectivity index (χ2v) is 2.05. The standard InChI is InChI=1S/C6H8O4/c7-3-5-6(9)4(8)1-2-10-5/h1-6,8-9H/t4-,5-,6+/m1/s1. The van der Waals surface area contributed by atoms with Gasteiger partial charge in [-0.25, -0.2) is 0 Å². The van der Waals surface area contributed by atoms with Gasteiger partial charge in [0.1, 0.15) is 12.2 Å². The molecule has 3 atom stereocenters. The van der Waals surface area contributed by atoms with Gasteiger partial charge in [-0.2, -0.15) is 0 Å². The highest BCUT2D eigenvalue weighted by Crippen LogP contribution is 2.09. The fraction of sp³-hybridized carbons (Fsp3) is 0.500. The number of carbonyl (C=O) groups excluding carboxylic acids is 1. The van der Waals surface area contributed by atoms with Crippen molar-refractivity contribution in [1.29, 1.82) is 0 Å². The fourth-order valence-corrected chi connectivity index (χ4v) is 0.718. The van der Waals surface area contributed by atoms with Gasteiger partial charge in [0.15, 0.2) is 12.4 Å². The molecule has 10 heavy (non-hydrogen) atoms. The number of hydrogen-bond donors (Lipinski definition) is 2. The van der Waals surface area contributed by atoms with Gasteiger partial charge in [0.2, 0.25) is 0 Å². The van der Waals surface area contributed by atoms with Gasteiger partial charge >= 0.3 is 0 Å². The average molecular weight is 144 g/mol. The van der Waals surface area contributed by atoms with Crippen molar-refractivity contribution in [3.05, 3.63) is 12.3 Å². The summed E-state index contributed by atoms with van der Waals surface area (Å²) in [7, 11) is 0. The van der Waals surface area contributed by atoms with Crippen molar-refractivity contribution in [2.45, 2.75) is 18.3 Å².